The number of rotatable bonds is 5. The van der Waals surface area contributed by atoms with Crippen molar-refractivity contribution in [2.45, 2.75) is 58.4 Å². The second-order valence-corrected chi connectivity index (χ2v) is 6.15. The van der Waals surface area contributed by atoms with Gasteiger partial charge >= 0.3 is 0 Å². The molecule has 0 radical (unpaired) electrons. The molecular formula is C17H27N3O. The van der Waals surface area contributed by atoms with Crippen LogP contribution in [-0.2, 0) is 0 Å². The van der Waals surface area contributed by atoms with E-state index >= 15 is 0 Å². The van der Waals surface area contributed by atoms with Crippen LogP contribution in [0.1, 0.15) is 61.4 Å². The molecule has 21 heavy (non-hydrogen) atoms. The van der Waals surface area contributed by atoms with Crippen molar-refractivity contribution in [2.75, 3.05) is 5.43 Å². The lowest BCUT2D eigenvalue weighted by Crippen LogP contribution is -2.37. The van der Waals surface area contributed by atoms with Gasteiger partial charge in [-0.25, -0.2) is 0 Å². The number of carbonyl (C=O) groups is 1. The van der Waals surface area contributed by atoms with Crippen molar-refractivity contribution in [2.24, 2.45) is 11.8 Å². The van der Waals surface area contributed by atoms with Crippen LogP contribution in [0.15, 0.2) is 18.2 Å². The van der Waals surface area contributed by atoms with Crippen molar-refractivity contribution >= 4 is 11.6 Å². The third-order valence-corrected chi connectivity index (χ3v) is 4.52. The van der Waals surface area contributed by atoms with Gasteiger partial charge in [-0.3, -0.25) is 10.6 Å². The fraction of sp³-hybridized carbons (Fsp3) is 0.588. The van der Waals surface area contributed by atoms with Gasteiger partial charge in [0, 0.05) is 11.6 Å². The molecule has 0 saturated heterocycles. The van der Waals surface area contributed by atoms with Crippen molar-refractivity contribution in [1.82, 2.24) is 5.32 Å². The number of nitrogens with two attached hydrogens (primary N) is 1. The number of carbonyl (C=O) groups excluding carboxylic acids is 1. The number of benzene rings is 1. The predicted octanol–water partition coefficient (Wildman–Crippen LogP) is 3.37. The zero-order valence-corrected chi connectivity index (χ0v) is 13.1. The number of hydrazine groups is 1. The minimum Gasteiger partial charge on any atom is -0.349 e. The number of nitrogens with one attached hydrogen (secondary N) is 2. The third kappa shape index (κ3) is 4.21. The standard InChI is InChI=1S/C17H27N3O/c1-3-4-13-5-8-15(9-6-13)19-17(21)14-7-10-16(20-18)12(2)11-14/h7,10-11,13,15,20H,3-6,8-9,18H2,1-2H3,(H,19,21). The van der Waals surface area contributed by atoms with Gasteiger partial charge < -0.3 is 10.7 Å². The lowest BCUT2D eigenvalue weighted by Gasteiger charge is -2.29. The summed E-state index contributed by atoms with van der Waals surface area (Å²) in [4.78, 5) is 12.3. The summed E-state index contributed by atoms with van der Waals surface area (Å²) in [6.45, 7) is 4.19. The first-order chi connectivity index (χ1) is 10.1. The number of nitrogen functional groups attached to an aromatic ring is 1. The molecule has 0 spiro atoms. The number of hydrogen-bond donors (Lipinski definition) is 3. The zero-order valence-electron chi connectivity index (χ0n) is 13.1. The van der Waals surface area contributed by atoms with E-state index in [0.29, 0.717) is 11.6 Å². The third-order valence-electron chi connectivity index (χ3n) is 4.52. The summed E-state index contributed by atoms with van der Waals surface area (Å²) in [5.74, 6) is 6.30. The quantitative estimate of drug-likeness (QED) is 0.575. The van der Waals surface area contributed by atoms with Crippen LogP contribution < -0.4 is 16.6 Å². The molecule has 2 rings (SSSR count). The van der Waals surface area contributed by atoms with E-state index in [1.807, 2.05) is 25.1 Å². The maximum Gasteiger partial charge on any atom is 0.251 e. The van der Waals surface area contributed by atoms with Crippen LogP contribution in [0.25, 0.3) is 0 Å². The predicted molar refractivity (Wildman–Crippen MR) is 87.1 cm³/mol. The van der Waals surface area contributed by atoms with Crippen LogP contribution in [0.5, 0.6) is 0 Å². The van der Waals surface area contributed by atoms with E-state index in [0.717, 1.165) is 30.0 Å². The van der Waals surface area contributed by atoms with Gasteiger partial charge in [0.1, 0.15) is 0 Å². The van der Waals surface area contributed by atoms with Gasteiger partial charge in [0.2, 0.25) is 0 Å². The molecule has 0 bridgehead atoms. The Kier molecular flexibility index (Phi) is 5.62. The van der Waals surface area contributed by atoms with E-state index in [1.165, 1.54) is 25.7 Å². The van der Waals surface area contributed by atoms with Gasteiger partial charge in [-0.05, 0) is 62.3 Å². The van der Waals surface area contributed by atoms with Crippen molar-refractivity contribution < 1.29 is 4.79 Å². The Balaban J connectivity index is 1.89. The molecular weight excluding hydrogens is 262 g/mol. The largest absolute Gasteiger partial charge is 0.349 e. The van der Waals surface area contributed by atoms with Crippen molar-refractivity contribution in [3.8, 4) is 0 Å². The van der Waals surface area contributed by atoms with Crippen LogP contribution >= 0.6 is 0 Å². The van der Waals surface area contributed by atoms with Crippen LogP contribution in [0.3, 0.4) is 0 Å². The summed E-state index contributed by atoms with van der Waals surface area (Å²) in [6.07, 6.45) is 7.30. The molecule has 4 N–H and O–H groups in total. The molecule has 1 aliphatic carbocycles. The Bertz CT molecular complexity index is 479. The highest BCUT2D eigenvalue weighted by molar-refractivity contribution is 5.95. The molecule has 0 aromatic heterocycles. The molecule has 0 heterocycles. The van der Waals surface area contributed by atoms with E-state index in [2.05, 4.69) is 17.7 Å². The summed E-state index contributed by atoms with van der Waals surface area (Å²) in [6, 6.07) is 5.88. The number of hydrogen-bond acceptors (Lipinski definition) is 3. The Morgan fingerprint density at radius 3 is 2.57 bits per heavy atom. The Morgan fingerprint density at radius 1 is 1.29 bits per heavy atom. The summed E-state index contributed by atoms with van der Waals surface area (Å²) in [5.41, 5.74) is 5.17. The van der Waals surface area contributed by atoms with E-state index in [-0.39, 0.29) is 5.91 Å². The molecule has 0 unspecified atom stereocenters. The first-order valence-electron chi connectivity index (χ1n) is 8.02. The summed E-state index contributed by atoms with van der Waals surface area (Å²) in [7, 11) is 0. The molecule has 1 aromatic carbocycles. The van der Waals surface area contributed by atoms with E-state index in [1.54, 1.807) is 0 Å². The zero-order chi connectivity index (χ0) is 15.2. The second-order valence-electron chi connectivity index (χ2n) is 6.15. The molecule has 4 heteroatoms. The van der Waals surface area contributed by atoms with E-state index in [4.69, 9.17) is 5.84 Å². The lowest BCUT2D eigenvalue weighted by molar-refractivity contribution is 0.0921. The topological polar surface area (TPSA) is 67.2 Å². The Morgan fingerprint density at radius 2 is 2.00 bits per heavy atom. The SMILES string of the molecule is CCCC1CCC(NC(=O)c2ccc(NN)c(C)c2)CC1. The molecule has 1 saturated carbocycles. The van der Waals surface area contributed by atoms with Gasteiger partial charge in [0.25, 0.3) is 5.91 Å². The van der Waals surface area contributed by atoms with Gasteiger partial charge in [-0.1, -0.05) is 19.8 Å². The van der Waals surface area contributed by atoms with Gasteiger partial charge in [-0.2, -0.15) is 0 Å². The normalized spacial score (nSPS) is 21.9. The molecule has 1 aromatic rings. The van der Waals surface area contributed by atoms with Crippen LogP contribution in [0, 0.1) is 12.8 Å². The van der Waals surface area contributed by atoms with E-state index < -0.39 is 0 Å². The molecule has 0 atom stereocenters. The highest BCUT2D eigenvalue weighted by Gasteiger charge is 2.22. The maximum absolute atomic E-state index is 12.3. The van der Waals surface area contributed by atoms with Crippen LogP contribution in [-0.4, -0.2) is 11.9 Å². The Labute approximate surface area is 127 Å². The molecule has 1 amide bonds. The molecule has 0 aliphatic heterocycles. The highest BCUT2D eigenvalue weighted by Crippen LogP contribution is 2.28. The van der Waals surface area contributed by atoms with Gasteiger partial charge in [0.05, 0.1) is 5.69 Å². The molecule has 1 aliphatic rings. The minimum absolute atomic E-state index is 0.0283. The fourth-order valence-corrected chi connectivity index (χ4v) is 3.24. The van der Waals surface area contributed by atoms with Crippen LogP contribution in [0.2, 0.25) is 0 Å². The number of aryl methyl sites for hydroxylation is 1. The first kappa shape index (κ1) is 15.8. The number of anilines is 1. The smallest absolute Gasteiger partial charge is 0.251 e. The average Bonchev–Trinajstić information content (AvgIpc) is 2.49. The maximum atomic E-state index is 12.3. The van der Waals surface area contributed by atoms with Gasteiger partial charge in [-0.15, -0.1) is 0 Å². The summed E-state index contributed by atoms with van der Waals surface area (Å²) < 4.78 is 0. The summed E-state index contributed by atoms with van der Waals surface area (Å²) >= 11 is 0. The average molecular weight is 289 g/mol. The monoisotopic (exact) mass is 289 g/mol. The Hall–Kier alpha value is -1.55. The fourth-order valence-electron chi connectivity index (χ4n) is 3.24. The molecule has 1 fully saturated rings. The lowest BCUT2D eigenvalue weighted by atomic mass is 9.83. The van der Waals surface area contributed by atoms with Crippen molar-refractivity contribution in [1.29, 1.82) is 0 Å². The molecule has 116 valence electrons. The van der Waals surface area contributed by atoms with Crippen molar-refractivity contribution in [3.63, 3.8) is 0 Å². The summed E-state index contributed by atoms with van der Waals surface area (Å²) in [5, 5.41) is 3.17. The second kappa shape index (κ2) is 7.46. The van der Waals surface area contributed by atoms with Gasteiger partial charge in [0.15, 0.2) is 0 Å². The highest BCUT2D eigenvalue weighted by atomic mass is 16.1. The number of amides is 1. The van der Waals surface area contributed by atoms with Crippen LogP contribution in [0.4, 0.5) is 5.69 Å². The van der Waals surface area contributed by atoms with Crippen molar-refractivity contribution in [3.05, 3.63) is 29.3 Å². The molecule has 4 nitrogen and oxygen atoms in total. The van der Waals surface area contributed by atoms with E-state index in [9.17, 15) is 4.79 Å². The minimum atomic E-state index is 0.0283. The first-order valence-corrected chi connectivity index (χ1v) is 8.02.